The van der Waals surface area contributed by atoms with Crippen molar-refractivity contribution in [1.29, 1.82) is 0 Å². The first-order valence-electron chi connectivity index (χ1n) is 14.5. The zero-order valence-corrected chi connectivity index (χ0v) is 25.3. The first kappa shape index (κ1) is 30.4. The Morgan fingerprint density at radius 1 is 1.07 bits per heavy atom. The summed E-state index contributed by atoms with van der Waals surface area (Å²) in [5.41, 5.74) is 2.86. The van der Waals surface area contributed by atoms with Gasteiger partial charge in [-0.05, 0) is 57.6 Å². The molecule has 3 amide bonds. The van der Waals surface area contributed by atoms with Gasteiger partial charge in [-0.1, -0.05) is 43.2 Å². The number of unbranched alkanes of at least 4 members (excludes halogenated alkanes) is 3. The maximum absolute atomic E-state index is 14.8. The van der Waals surface area contributed by atoms with E-state index in [1.54, 1.807) is 45.7 Å². The number of hydrogen-bond donors (Lipinski definition) is 1. The number of thioether (sulfide) groups is 1. The molecule has 3 saturated heterocycles. The van der Waals surface area contributed by atoms with E-state index in [1.165, 1.54) is 0 Å². The van der Waals surface area contributed by atoms with E-state index in [4.69, 9.17) is 0 Å². The van der Waals surface area contributed by atoms with Gasteiger partial charge in [-0.15, -0.1) is 24.9 Å². The van der Waals surface area contributed by atoms with Crippen molar-refractivity contribution in [3.63, 3.8) is 0 Å². The highest BCUT2D eigenvalue weighted by molar-refractivity contribution is 8.02. The maximum atomic E-state index is 14.8. The van der Waals surface area contributed by atoms with E-state index in [1.807, 2.05) is 32.0 Å². The second kappa shape index (κ2) is 12.1. The molecule has 0 saturated carbocycles. The molecule has 2 unspecified atom stereocenters. The normalized spacial score (nSPS) is 28.5. The first-order chi connectivity index (χ1) is 19.1. The predicted octanol–water partition coefficient (Wildman–Crippen LogP) is 4.50. The van der Waals surface area contributed by atoms with Gasteiger partial charge in [-0.2, -0.15) is 0 Å². The maximum Gasteiger partial charge on any atom is 0.251 e. The Hall–Kier alpha value is -2.58. The Morgan fingerprint density at radius 3 is 2.35 bits per heavy atom. The number of nitrogens with zero attached hydrogens (tertiary/aromatic N) is 3. The number of aliphatic hydroxyl groups excluding tert-OH is 1. The van der Waals surface area contributed by atoms with Gasteiger partial charge in [0, 0.05) is 43.7 Å². The molecule has 4 rings (SSSR count). The predicted molar refractivity (Wildman–Crippen MR) is 162 cm³/mol. The highest BCUT2D eigenvalue weighted by atomic mass is 32.2. The molecule has 3 heterocycles. The quantitative estimate of drug-likeness (QED) is 0.280. The van der Waals surface area contributed by atoms with Gasteiger partial charge in [0.25, 0.3) is 5.91 Å². The summed E-state index contributed by atoms with van der Waals surface area (Å²) in [5.74, 6) is -1.21. The number of aliphatic hydroxyl groups is 1. The molecule has 7 nitrogen and oxygen atoms in total. The van der Waals surface area contributed by atoms with Gasteiger partial charge in [0.05, 0.1) is 16.6 Å². The number of para-hydroxylation sites is 1. The third-order valence-electron chi connectivity index (χ3n) is 9.15. The molecule has 2 bridgehead atoms. The van der Waals surface area contributed by atoms with Crippen LogP contribution in [0.2, 0.25) is 0 Å². The number of amides is 3. The average molecular weight is 568 g/mol. The minimum atomic E-state index is -0.656. The van der Waals surface area contributed by atoms with Crippen molar-refractivity contribution in [1.82, 2.24) is 9.80 Å². The fourth-order valence-corrected chi connectivity index (χ4v) is 9.73. The minimum Gasteiger partial charge on any atom is -0.396 e. The van der Waals surface area contributed by atoms with Crippen LogP contribution in [0.5, 0.6) is 0 Å². The van der Waals surface area contributed by atoms with Gasteiger partial charge in [-0.25, -0.2) is 0 Å². The molecule has 1 spiro atoms. The van der Waals surface area contributed by atoms with Crippen LogP contribution in [0.1, 0.15) is 56.6 Å². The lowest BCUT2D eigenvalue weighted by molar-refractivity contribution is -0.144. The summed E-state index contributed by atoms with van der Waals surface area (Å²) in [6.45, 7) is 15.2. The molecule has 3 fully saturated rings. The SMILES string of the molecule is C=CCN(C)C(=O)[C@@H]1[C@H]2C(=O)N(CCCCCCO)C(C(=O)N(CC=C)c3c(C)cccc3C)C23CC[C@@]1(C)S3. The van der Waals surface area contributed by atoms with Crippen molar-refractivity contribution >= 4 is 35.2 Å². The summed E-state index contributed by atoms with van der Waals surface area (Å²) in [6, 6.07) is 5.35. The lowest BCUT2D eigenvalue weighted by Gasteiger charge is -2.38. The van der Waals surface area contributed by atoms with E-state index in [0.717, 1.165) is 55.3 Å². The fraction of sp³-hybridized carbons (Fsp3) is 0.594. The molecule has 1 N–H and O–H groups in total. The minimum absolute atomic E-state index is 0.0384. The number of carbonyl (C=O) groups is 3. The van der Waals surface area contributed by atoms with E-state index < -0.39 is 27.4 Å². The van der Waals surface area contributed by atoms with Crippen LogP contribution in [-0.2, 0) is 14.4 Å². The summed E-state index contributed by atoms with van der Waals surface area (Å²) in [5, 5.41) is 9.20. The average Bonchev–Trinajstić information content (AvgIpc) is 3.48. The van der Waals surface area contributed by atoms with Gasteiger partial charge in [-0.3, -0.25) is 14.4 Å². The van der Waals surface area contributed by atoms with E-state index in [9.17, 15) is 19.5 Å². The lowest BCUT2D eigenvalue weighted by Crippen LogP contribution is -2.55. The molecule has 1 aromatic carbocycles. The third-order valence-corrected chi connectivity index (χ3v) is 11.1. The molecule has 0 aromatic heterocycles. The second-order valence-electron chi connectivity index (χ2n) is 11.9. The third kappa shape index (κ3) is 5.02. The van der Waals surface area contributed by atoms with Gasteiger partial charge < -0.3 is 19.8 Å². The monoisotopic (exact) mass is 567 g/mol. The summed E-state index contributed by atoms with van der Waals surface area (Å²) in [4.78, 5) is 48.3. The van der Waals surface area contributed by atoms with Crippen LogP contribution in [0.15, 0.2) is 43.5 Å². The molecule has 5 atom stereocenters. The van der Waals surface area contributed by atoms with Crippen LogP contribution in [0.3, 0.4) is 0 Å². The highest BCUT2D eigenvalue weighted by Crippen LogP contribution is 2.71. The topological polar surface area (TPSA) is 81.2 Å². The molecule has 1 aromatic rings. The zero-order valence-electron chi connectivity index (χ0n) is 24.5. The standard InChI is InChI=1S/C32H45N3O4S/c1-7-18-33(6)28(37)24-25-29(38)35(20-11-9-10-12-21-36)27(32(25)17-16-31(24,5)40-32)30(39)34(19-8-2)26-22(3)14-13-15-23(26)4/h7-8,13-15,24-25,27,36H,1-2,9-12,16-21H2,3-6H3/t24-,25-,27?,31+,32?/m0/s1. The molecule has 0 aliphatic carbocycles. The van der Waals surface area contributed by atoms with Crippen molar-refractivity contribution in [3.05, 3.63) is 54.6 Å². The summed E-state index contributed by atoms with van der Waals surface area (Å²) in [6.07, 6.45) is 8.18. The highest BCUT2D eigenvalue weighted by Gasteiger charge is 2.77. The van der Waals surface area contributed by atoms with Crippen LogP contribution < -0.4 is 4.90 Å². The Labute approximate surface area is 243 Å². The van der Waals surface area contributed by atoms with Crippen molar-refractivity contribution in [2.45, 2.75) is 74.8 Å². The van der Waals surface area contributed by atoms with E-state index in [2.05, 4.69) is 20.1 Å². The molecule has 8 heteroatoms. The van der Waals surface area contributed by atoms with Crippen molar-refractivity contribution in [2.24, 2.45) is 11.8 Å². The molecular formula is C32H45N3O4S. The molecular weight excluding hydrogens is 522 g/mol. The van der Waals surface area contributed by atoms with Crippen LogP contribution in [-0.4, -0.2) is 81.5 Å². The second-order valence-corrected chi connectivity index (χ2v) is 13.8. The Bertz CT molecular complexity index is 1150. The van der Waals surface area contributed by atoms with Crippen LogP contribution in [0.4, 0.5) is 5.69 Å². The molecule has 0 radical (unpaired) electrons. The summed E-state index contributed by atoms with van der Waals surface area (Å²) < 4.78 is -1.06. The van der Waals surface area contributed by atoms with Crippen LogP contribution in [0, 0.1) is 25.7 Å². The zero-order chi connectivity index (χ0) is 29.2. The number of likely N-dealkylation sites (N-methyl/N-ethyl adjacent to an activating group) is 1. The number of benzene rings is 1. The van der Waals surface area contributed by atoms with Gasteiger partial charge in [0.15, 0.2) is 0 Å². The molecule has 40 heavy (non-hydrogen) atoms. The molecule has 3 aliphatic rings. The first-order valence-corrected chi connectivity index (χ1v) is 15.4. The van der Waals surface area contributed by atoms with Crippen molar-refractivity contribution in [2.75, 3.05) is 38.2 Å². The van der Waals surface area contributed by atoms with E-state index in [-0.39, 0.29) is 24.3 Å². The lowest BCUT2D eigenvalue weighted by atomic mass is 9.66. The number of rotatable bonds is 13. The number of likely N-dealkylation sites (tertiary alicyclic amines) is 1. The van der Waals surface area contributed by atoms with Gasteiger partial charge in [0.1, 0.15) is 6.04 Å². The van der Waals surface area contributed by atoms with Gasteiger partial charge >= 0.3 is 0 Å². The van der Waals surface area contributed by atoms with E-state index in [0.29, 0.717) is 19.6 Å². The molecule has 218 valence electrons. The van der Waals surface area contributed by atoms with Crippen molar-refractivity contribution in [3.8, 4) is 0 Å². The largest absolute Gasteiger partial charge is 0.396 e. The Morgan fingerprint density at radius 2 is 1.73 bits per heavy atom. The van der Waals surface area contributed by atoms with E-state index >= 15 is 0 Å². The fourth-order valence-electron chi connectivity index (χ4n) is 7.39. The number of carbonyl (C=O) groups excluding carboxylic acids is 3. The van der Waals surface area contributed by atoms with Crippen LogP contribution in [0.25, 0.3) is 0 Å². The Kier molecular flexibility index (Phi) is 9.20. The smallest absolute Gasteiger partial charge is 0.251 e. The number of hydrogen-bond acceptors (Lipinski definition) is 5. The van der Waals surface area contributed by atoms with Gasteiger partial charge in [0.2, 0.25) is 11.8 Å². The van der Waals surface area contributed by atoms with Crippen molar-refractivity contribution < 1.29 is 19.5 Å². The molecule has 3 aliphatic heterocycles. The Balaban J connectivity index is 1.78. The number of fused-ring (bicyclic) bond motifs is 1. The number of anilines is 1. The summed E-state index contributed by atoms with van der Waals surface area (Å²) >= 11 is 1.71. The summed E-state index contributed by atoms with van der Waals surface area (Å²) in [7, 11) is 1.77. The van der Waals surface area contributed by atoms with Crippen LogP contribution >= 0.6 is 11.8 Å². The number of aryl methyl sites for hydroxylation is 2.